The molecule has 34 heavy (non-hydrogen) atoms. The van der Waals surface area contributed by atoms with Crippen molar-refractivity contribution in [1.29, 1.82) is 0 Å². The zero-order chi connectivity index (χ0) is 25.5. The summed E-state index contributed by atoms with van der Waals surface area (Å²) in [6, 6.07) is 5.44. The van der Waals surface area contributed by atoms with Gasteiger partial charge in [0.15, 0.2) is 17.4 Å². The molecule has 0 aliphatic rings. The van der Waals surface area contributed by atoms with Crippen LogP contribution < -0.4 is 5.32 Å². The number of carboxylic acid groups (broad SMARTS) is 1. The zero-order valence-corrected chi connectivity index (χ0v) is 18.9. The minimum absolute atomic E-state index is 0.0457. The molecule has 0 spiro atoms. The first kappa shape index (κ1) is 24.8. The van der Waals surface area contributed by atoms with Gasteiger partial charge >= 0.3 is 5.97 Å². The molecule has 0 saturated carbocycles. The summed E-state index contributed by atoms with van der Waals surface area (Å²) in [5.74, 6) is -8.77. The molecule has 7 nitrogen and oxygen atoms in total. The first-order valence-corrected chi connectivity index (χ1v) is 10.4. The molecule has 1 heterocycles. The maximum atomic E-state index is 15.1. The van der Waals surface area contributed by atoms with E-state index in [9.17, 15) is 33.4 Å². The molecule has 2 aromatic carbocycles. The molecular formula is C24H23F3N2O5. The van der Waals surface area contributed by atoms with Gasteiger partial charge in [0.25, 0.3) is 5.91 Å². The monoisotopic (exact) mass is 476 g/mol. The van der Waals surface area contributed by atoms with E-state index in [1.165, 1.54) is 32.9 Å². The SMILES string of the molecule is CCC(C)(NC(=O)C(C)c1c(C)n(C(=O)c2cccc(F)c2)c2cc(F)c(O)c(F)c12)C(=O)O. The first-order chi connectivity index (χ1) is 15.8. The number of carbonyl (C=O) groups is 3. The highest BCUT2D eigenvalue weighted by atomic mass is 19.1. The van der Waals surface area contributed by atoms with Gasteiger partial charge in [0.2, 0.25) is 5.91 Å². The van der Waals surface area contributed by atoms with E-state index in [2.05, 4.69) is 5.32 Å². The van der Waals surface area contributed by atoms with Crippen molar-refractivity contribution in [3.05, 3.63) is 64.6 Å². The van der Waals surface area contributed by atoms with E-state index in [1.54, 1.807) is 6.92 Å². The third-order valence-electron chi connectivity index (χ3n) is 6.09. The predicted molar refractivity (Wildman–Crippen MR) is 117 cm³/mol. The molecular weight excluding hydrogens is 453 g/mol. The van der Waals surface area contributed by atoms with Gasteiger partial charge in [-0.15, -0.1) is 0 Å². The lowest BCUT2D eigenvalue weighted by atomic mass is 9.93. The fourth-order valence-corrected chi connectivity index (χ4v) is 3.86. The molecule has 0 radical (unpaired) electrons. The van der Waals surface area contributed by atoms with Gasteiger partial charge < -0.3 is 15.5 Å². The number of carbonyl (C=O) groups excluding carboxylic acids is 2. The van der Waals surface area contributed by atoms with E-state index in [4.69, 9.17) is 0 Å². The minimum atomic E-state index is -1.61. The highest BCUT2D eigenvalue weighted by Crippen LogP contribution is 2.38. The van der Waals surface area contributed by atoms with E-state index in [-0.39, 0.29) is 34.1 Å². The summed E-state index contributed by atoms with van der Waals surface area (Å²) in [6.07, 6.45) is 0.0555. The Kier molecular flexibility index (Phi) is 6.46. The topological polar surface area (TPSA) is 109 Å². The summed E-state index contributed by atoms with van der Waals surface area (Å²) in [6.45, 7) is 5.63. The molecule has 3 N–H and O–H groups in total. The lowest BCUT2D eigenvalue weighted by molar-refractivity contribution is -0.147. The average molecular weight is 476 g/mol. The van der Waals surface area contributed by atoms with Crippen LogP contribution in [0, 0.1) is 24.4 Å². The zero-order valence-electron chi connectivity index (χ0n) is 18.9. The first-order valence-electron chi connectivity index (χ1n) is 10.4. The van der Waals surface area contributed by atoms with Gasteiger partial charge in [0.05, 0.1) is 11.4 Å². The smallest absolute Gasteiger partial charge is 0.329 e. The number of benzene rings is 2. The number of aromatic nitrogens is 1. The molecule has 1 aromatic heterocycles. The molecule has 2 unspecified atom stereocenters. The number of fused-ring (bicyclic) bond motifs is 1. The number of nitrogens with zero attached hydrogens (tertiary/aromatic N) is 1. The fourth-order valence-electron chi connectivity index (χ4n) is 3.86. The van der Waals surface area contributed by atoms with Crippen LogP contribution in [0.1, 0.15) is 54.7 Å². The van der Waals surface area contributed by atoms with Crippen LogP contribution in [0.5, 0.6) is 5.75 Å². The Bertz CT molecular complexity index is 1330. The van der Waals surface area contributed by atoms with Gasteiger partial charge in [-0.2, -0.15) is 0 Å². The van der Waals surface area contributed by atoms with Crippen LogP contribution in [0.15, 0.2) is 30.3 Å². The van der Waals surface area contributed by atoms with Gasteiger partial charge in [0, 0.05) is 22.7 Å². The molecule has 0 bridgehead atoms. The molecule has 0 aliphatic heterocycles. The number of amides is 1. The average Bonchev–Trinajstić information content (AvgIpc) is 3.07. The number of hydrogen-bond acceptors (Lipinski definition) is 4. The second-order valence-electron chi connectivity index (χ2n) is 8.27. The number of halogens is 3. The Labute approximate surface area is 192 Å². The third-order valence-corrected chi connectivity index (χ3v) is 6.09. The third kappa shape index (κ3) is 4.00. The van der Waals surface area contributed by atoms with Gasteiger partial charge in [0.1, 0.15) is 11.4 Å². The second-order valence-corrected chi connectivity index (χ2v) is 8.27. The Morgan fingerprint density at radius 3 is 2.38 bits per heavy atom. The quantitative estimate of drug-likeness (QED) is 0.493. The van der Waals surface area contributed by atoms with Crippen LogP contribution in [0.4, 0.5) is 13.2 Å². The molecule has 10 heteroatoms. The number of aliphatic carboxylic acids is 1. The van der Waals surface area contributed by atoms with Crippen molar-refractivity contribution in [3.63, 3.8) is 0 Å². The molecule has 0 saturated heterocycles. The van der Waals surface area contributed by atoms with Crippen molar-refractivity contribution in [1.82, 2.24) is 9.88 Å². The summed E-state index contributed by atoms with van der Waals surface area (Å²) >= 11 is 0. The van der Waals surface area contributed by atoms with E-state index in [1.807, 2.05) is 0 Å². The molecule has 3 aromatic rings. The number of carboxylic acids is 1. The fraction of sp³-hybridized carbons (Fsp3) is 0.292. The highest BCUT2D eigenvalue weighted by Gasteiger charge is 2.36. The van der Waals surface area contributed by atoms with Crippen LogP contribution in [0.2, 0.25) is 0 Å². The highest BCUT2D eigenvalue weighted by molar-refractivity contribution is 6.06. The maximum absolute atomic E-state index is 15.1. The van der Waals surface area contributed by atoms with Gasteiger partial charge in [-0.05, 0) is 51.0 Å². The summed E-state index contributed by atoms with van der Waals surface area (Å²) in [4.78, 5) is 37.8. The number of phenolic OH excluding ortho intramolecular Hbond substituents is 1. The van der Waals surface area contributed by atoms with Crippen LogP contribution in [-0.2, 0) is 9.59 Å². The Morgan fingerprint density at radius 1 is 1.18 bits per heavy atom. The molecule has 3 rings (SSSR count). The Hall–Kier alpha value is -3.82. The van der Waals surface area contributed by atoms with E-state index >= 15 is 4.39 Å². The number of hydrogen-bond donors (Lipinski definition) is 3. The molecule has 0 aliphatic carbocycles. The maximum Gasteiger partial charge on any atom is 0.329 e. The Balaban J connectivity index is 2.26. The molecule has 2 atom stereocenters. The predicted octanol–water partition coefficient (Wildman–Crippen LogP) is 4.23. The van der Waals surface area contributed by atoms with Crippen molar-refractivity contribution in [2.24, 2.45) is 0 Å². The lowest BCUT2D eigenvalue weighted by Crippen LogP contribution is -2.52. The Morgan fingerprint density at radius 2 is 1.82 bits per heavy atom. The van der Waals surface area contributed by atoms with E-state index < -0.39 is 52.4 Å². The van der Waals surface area contributed by atoms with Crippen molar-refractivity contribution >= 4 is 28.7 Å². The van der Waals surface area contributed by atoms with Crippen LogP contribution >= 0.6 is 0 Å². The molecule has 0 fully saturated rings. The standard InChI is InChI=1S/C24H23F3N2O5/c1-5-24(4,23(33)34)28-21(31)11(2)17-12(3)29(22(32)13-7-6-8-14(25)9-13)16-10-15(26)20(30)19(27)18(16)17/h6-11,30H,5H2,1-4H3,(H,28,31)(H,33,34). The largest absolute Gasteiger partial charge is 0.503 e. The number of nitrogens with one attached hydrogen (secondary N) is 1. The number of phenols is 1. The molecule has 180 valence electrons. The molecule has 1 amide bonds. The summed E-state index contributed by atoms with van der Waals surface area (Å²) in [5.41, 5.74) is -1.99. The lowest BCUT2D eigenvalue weighted by Gasteiger charge is -2.26. The van der Waals surface area contributed by atoms with Crippen molar-refractivity contribution in [3.8, 4) is 5.75 Å². The minimum Gasteiger partial charge on any atom is -0.503 e. The van der Waals surface area contributed by atoms with Gasteiger partial charge in [-0.25, -0.2) is 18.0 Å². The van der Waals surface area contributed by atoms with E-state index in [0.29, 0.717) is 0 Å². The van der Waals surface area contributed by atoms with Crippen LogP contribution in [-0.4, -0.2) is 38.1 Å². The van der Waals surface area contributed by atoms with Crippen molar-refractivity contribution in [2.45, 2.75) is 45.6 Å². The van der Waals surface area contributed by atoms with E-state index in [0.717, 1.165) is 22.8 Å². The number of aromatic hydroxyl groups is 1. The summed E-state index contributed by atoms with van der Waals surface area (Å²) in [5, 5.41) is 21.4. The van der Waals surface area contributed by atoms with Crippen LogP contribution in [0.25, 0.3) is 10.9 Å². The van der Waals surface area contributed by atoms with Crippen LogP contribution in [0.3, 0.4) is 0 Å². The van der Waals surface area contributed by atoms with Gasteiger partial charge in [-0.3, -0.25) is 14.2 Å². The van der Waals surface area contributed by atoms with Gasteiger partial charge in [-0.1, -0.05) is 13.0 Å². The second kappa shape index (κ2) is 8.85. The summed E-state index contributed by atoms with van der Waals surface area (Å²) < 4.78 is 44.0. The normalized spacial score (nSPS) is 14.0. The van der Waals surface area contributed by atoms with Crippen molar-refractivity contribution in [2.75, 3.05) is 0 Å². The number of rotatable bonds is 6. The van der Waals surface area contributed by atoms with Crippen molar-refractivity contribution < 1.29 is 37.8 Å². The summed E-state index contributed by atoms with van der Waals surface area (Å²) in [7, 11) is 0.